The maximum absolute atomic E-state index is 4.97. The first-order valence-electron chi connectivity index (χ1n) is 2.64. The Morgan fingerprint density at radius 3 is 2.30 bits per heavy atom. The summed E-state index contributed by atoms with van der Waals surface area (Å²) < 4.78 is 0.0633. The Hall–Kier alpha value is 0.540. The average Bonchev–Trinajstić information content (AvgIpc) is 1.99. The lowest BCUT2D eigenvalue weighted by Gasteiger charge is -2.11. The zero-order valence-corrected chi connectivity index (χ0v) is 7.84. The molecular weight excluding hydrogens is 172 g/mol. The van der Waals surface area contributed by atoms with E-state index in [1.54, 1.807) is 30.6 Å². The van der Waals surface area contributed by atoms with Gasteiger partial charge in [-0.15, -0.1) is 23.5 Å². The number of rotatable bonds is 6. The zero-order valence-electron chi connectivity index (χ0n) is 6.21. The van der Waals surface area contributed by atoms with Gasteiger partial charge in [0.1, 0.15) is 0 Å². The van der Waals surface area contributed by atoms with Crippen molar-refractivity contribution in [1.29, 1.82) is 0 Å². The van der Waals surface area contributed by atoms with Gasteiger partial charge in [0.2, 0.25) is 0 Å². The zero-order chi connectivity index (χ0) is 7.82. The van der Waals surface area contributed by atoms with E-state index in [4.69, 9.17) is 4.84 Å². The van der Waals surface area contributed by atoms with Gasteiger partial charge in [-0.1, -0.05) is 5.64 Å². The van der Waals surface area contributed by atoms with E-state index in [2.05, 4.69) is 16.1 Å². The average molecular weight is 184 g/mol. The molecule has 0 bridgehead atoms. The van der Waals surface area contributed by atoms with Gasteiger partial charge in [-0.05, 0) is 12.5 Å². The van der Waals surface area contributed by atoms with Gasteiger partial charge >= 0.3 is 0 Å². The molecule has 0 atom stereocenters. The van der Waals surface area contributed by atoms with Crippen LogP contribution in [0.15, 0.2) is 0 Å². The third kappa shape index (κ3) is 5.33. The lowest BCUT2D eigenvalue weighted by molar-refractivity contribution is -0.196. The molecule has 0 aliphatic rings. The van der Waals surface area contributed by atoms with E-state index in [0.717, 1.165) is 0 Å². The van der Waals surface area contributed by atoms with E-state index in [-0.39, 0.29) is 4.77 Å². The molecule has 0 rings (SSSR count). The van der Waals surface area contributed by atoms with E-state index >= 15 is 0 Å². The van der Waals surface area contributed by atoms with Crippen molar-refractivity contribution in [3.8, 4) is 0 Å². The van der Waals surface area contributed by atoms with Gasteiger partial charge in [0.05, 0.1) is 0 Å². The van der Waals surface area contributed by atoms with Crippen molar-refractivity contribution in [2.45, 2.75) is 4.77 Å². The molecule has 0 aliphatic heterocycles. The Morgan fingerprint density at radius 2 is 1.90 bits per heavy atom. The minimum absolute atomic E-state index is 0.0633. The number of nitrogens with one attached hydrogen (secondary N) is 2. The minimum atomic E-state index is 0.0633. The fourth-order valence-electron chi connectivity index (χ4n) is 0.297. The predicted octanol–water partition coefficient (Wildman–Crippen LogP) is 0.583. The molecule has 0 fully saturated rings. The van der Waals surface area contributed by atoms with Crippen LogP contribution in [-0.4, -0.2) is 24.3 Å². The molecule has 0 spiro atoms. The van der Waals surface area contributed by atoms with Crippen molar-refractivity contribution in [2.75, 3.05) is 19.6 Å². The van der Waals surface area contributed by atoms with Gasteiger partial charge < -0.3 is 0 Å². The Morgan fingerprint density at radius 1 is 1.30 bits per heavy atom. The summed E-state index contributed by atoms with van der Waals surface area (Å²) in [5, 5.41) is 0. The summed E-state index contributed by atoms with van der Waals surface area (Å²) >= 11 is 3.18. The summed E-state index contributed by atoms with van der Waals surface area (Å²) in [6, 6.07) is 0. The maximum Gasteiger partial charge on any atom is 0.172 e. The van der Waals surface area contributed by atoms with Crippen LogP contribution in [-0.2, 0) is 9.78 Å². The molecule has 0 radical (unpaired) electrons. The molecule has 62 valence electrons. The highest BCUT2D eigenvalue weighted by Crippen LogP contribution is 2.17. The fourth-order valence-corrected chi connectivity index (χ4v) is 1.34. The van der Waals surface area contributed by atoms with Crippen LogP contribution < -0.4 is 11.1 Å². The molecule has 10 heavy (non-hydrogen) atoms. The molecule has 0 aliphatic carbocycles. The number of thioether (sulfide) groups is 2. The van der Waals surface area contributed by atoms with Crippen molar-refractivity contribution in [3.05, 3.63) is 0 Å². The van der Waals surface area contributed by atoms with Gasteiger partial charge in [0.25, 0.3) is 0 Å². The second kappa shape index (κ2) is 7.64. The Bertz CT molecular complexity index is 72.3. The molecule has 0 saturated carbocycles. The van der Waals surface area contributed by atoms with Crippen LogP contribution >= 0.6 is 23.5 Å². The highest BCUT2D eigenvalue weighted by molar-refractivity contribution is 8.16. The van der Waals surface area contributed by atoms with Crippen molar-refractivity contribution in [1.82, 2.24) is 11.1 Å². The predicted molar refractivity (Wildman–Crippen MR) is 45.2 cm³/mol. The van der Waals surface area contributed by atoms with Crippen LogP contribution in [0.25, 0.3) is 0 Å². The molecule has 0 aromatic carbocycles. The smallest absolute Gasteiger partial charge is 0.172 e. The van der Waals surface area contributed by atoms with Crippen LogP contribution in [0.1, 0.15) is 0 Å². The summed E-state index contributed by atoms with van der Waals surface area (Å²) in [5.41, 5.74) is 4.70. The highest BCUT2D eigenvalue weighted by Gasteiger charge is 2.02. The standard InChI is InChI=1S/C4H12N2O2S2/c1-5-8-6-7-4(9-2)10-3/h4-6H,1-3H3. The summed E-state index contributed by atoms with van der Waals surface area (Å²) in [6.07, 6.45) is 3.92. The van der Waals surface area contributed by atoms with E-state index in [9.17, 15) is 0 Å². The monoisotopic (exact) mass is 184 g/mol. The SMILES string of the molecule is CNONOC(SC)SC. The van der Waals surface area contributed by atoms with Crippen LogP contribution in [0.3, 0.4) is 0 Å². The first kappa shape index (κ1) is 10.5. The van der Waals surface area contributed by atoms with Crippen molar-refractivity contribution < 1.29 is 9.78 Å². The van der Waals surface area contributed by atoms with Gasteiger partial charge in [0.15, 0.2) is 4.77 Å². The molecule has 0 amide bonds. The lowest BCUT2D eigenvalue weighted by atomic mass is 11.6. The van der Waals surface area contributed by atoms with Gasteiger partial charge in [-0.3, -0.25) is 0 Å². The maximum atomic E-state index is 4.97. The molecule has 0 aromatic rings. The van der Waals surface area contributed by atoms with Crippen molar-refractivity contribution in [2.24, 2.45) is 0 Å². The first-order valence-corrected chi connectivity index (χ1v) is 5.21. The third-order valence-corrected chi connectivity index (χ3v) is 2.79. The largest absolute Gasteiger partial charge is 0.250 e. The second-order valence-corrected chi connectivity index (χ2v) is 3.36. The number of hydroxylamine groups is 1. The van der Waals surface area contributed by atoms with Gasteiger partial charge in [-0.2, -0.15) is 10.4 Å². The van der Waals surface area contributed by atoms with E-state index in [1.165, 1.54) is 0 Å². The van der Waals surface area contributed by atoms with E-state index in [1.807, 2.05) is 12.5 Å². The molecule has 6 heteroatoms. The normalized spacial score (nSPS) is 10.8. The van der Waals surface area contributed by atoms with E-state index in [0.29, 0.717) is 0 Å². The summed E-state index contributed by atoms with van der Waals surface area (Å²) in [4.78, 5) is 9.49. The van der Waals surface area contributed by atoms with Crippen molar-refractivity contribution >= 4 is 23.5 Å². The minimum Gasteiger partial charge on any atom is -0.250 e. The van der Waals surface area contributed by atoms with Crippen LogP contribution in [0, 0.1) is 0 Å². The topological polar surface area (TPSA) is 42.5 Å². The van der Waals surface area contributed by atoms with Crippen molar-refractivity contribution in [3.63, 3.8) is 0 Å². The fraction of sp³-hybridized carbons (Fsp3) is 1.00. The lowest BCUT2D eigenvalue weighted by Crippen LogP contribution is -2.25. The van der Waals surface area contributed by atoms with Crippen LogP contribution in [0.5, 0.6) is 0 Å². The molecule has 4 nitrogen and oxygen atoms in total. The summed E-state index contributed by atoms with van der Waals surface area (Å²) in [7, 11) is 1.64. The Balaban J connectivity index is 3.09. The molecule has 0 unspecified atom stereocenters. The quantitative estimate of drug-likeness (QED) is 0.358. The number of hydrogen-bond donors (Lipinski definition) is 2. The molecular formula is C4H12N2O2S2. The second-order valence-electron chi connectivity index (χ2n) is 1.27. The molecule has 0 saturated heterocycles. The summed E-state index contributed by atoms with van der Waals surface area (Å²) in [5.74, 6) is 0. The third-order valence-electron chi connectivity index (χ3n) is 0.673. The van der Waals surface area contributed by atoms with Crippen LogP contribution in [0.2, 0.25) is 0 Å². The Kier molecular flexibility index (Phi) is 8.06. The molecule has 0 aromatic heterocycles. The highest BCUT2D eigenvalue weighted by atomic mass is 32.2. The van der Waals surface area contributed by atoms with E-state index < -0.39 is 0 Å². The molecule has 2 N–H and O–H groups in total. The molecule has 0 heterocycles. The first-order chi connectivity index (χ1) is 4.85. The number of hydrogen-bond acceptors (Lipinski definition) is 6. The van der Waals surface area contributed by atoms with Crippen LogP contribution in [0.4, 0.5) is 0 Å². The summed E-state index contributed by atoms with van der Waals surface area (Å²) in [6.45, 7) is 0. The van der Waals surface area contributed by atoms with Gasteiger partial charge in [0, 0.05) is 7.05 Å². The Labute approximate surface area is 69.3 Å². The van der Waals surface area contributed by atoms with Gasteiger partial charge in [-0.25, -0.2) is 4.84 Å².